The first-order valence-corrected chi connectivity index (χ1v) is 6.34. The van der Waals surface area contributed by atoms with Gasteiger partial charge in [0.15, 0.2) is 0 Å². The van der Waals surface area contributed by atoms with Crippen LogP contribution in [0.15, 0.2) is 5.38 Å². The Morgan fingerprint density at radius 2 is 2.20 bits per heavy atom. The lowest BCUT2D eigenvalue weighted by molar-refractivity contribution is 0.963. The fourth-order valence-electron chi connectivity index (χ4n) is 1.19. The van der Waals surface area contributed by atoms with Gasteiger partial charge in [0.2, 0.25) is 5.13 Å². The average molecular weight is 240 g/mol. The van der Waals surface area contributed by atoms with Gasteiger partial charge in [0.05, 0.1) is 10.7 Å². The fourth-order valence-corrected chi connectivity index (χ4v) is 2.44. The van der Waals surface area contributed by atoms with Crippen molar-refractivity contribution in [3.63, 3.8) is 0 Å². The second kappa shape index (κ2) is 4.67. The molecule has 0 aliphatic carbocycles. The first-order chi connectivity index (χ1) is 7.24. The van der Waals surface area contributed by atoms with E-state index in [4.69, 9.17) is 0 Å². The van der Waals surface area contributed by atoms with E-state index in [2.05, 4.69) is 25.0 Å². The zero-order valence-corrected chi connectivity index (χ0v) is 10.3. The van der Waals surface area contributed by atoms with Crippen LogP contribution < -0.4 is 5.32 Å². The van der Waals surface area contributed by atoms with Crippen LogP contribution in [-0.2, 0) is 6.42 Å². The van der Waals surface area contributed by atoms with Crippen molar-refractivity contribution in [2.75, 3.05) is 11.9 Å². The highest BCUT2D eigenvalue weighted by Crippen LogP contribution is 2.11. The molecule has 15 heavy (non-hydrogen) atoms. The van der Waals surface area contributed by atoms with Crippen molar-refractivity contribution in [1.29, 1.82) is 0 Å². The van der Waals surface area contributed by atoms with Crippen LogP contribution in [0.2, 0.25) is 0 Å². The van der Waals surface area contributed by atoms with E-state index < -0.39 is 0 Å². The van der Waals surface area contributed by atoms with Gasteiger partial charge >= 0.3 is 0 Å². The Kier molecular flexibility index (Phi) is 3.27. The number of anilines is 1. The standard InChI is InChI=1S/C9H12N4S2/c1-6-11-9(15-13-6)10-4-3-8-5-14-7(2)12-8/h5H,3-4H2,1-2H3,(H,10,11,13). The lowest BCUT2D eigenvalue weighted by Crippen LogP contribution is -2.04. The number of rotatable bonds is 4. The van der Waals surface area contributed by atoms with Crippen LogP contribution in [0.5, 0.6) is 0 Å². The topological polar surface area (TPSA) is 50.7 Å². The number of nitrogens with zero attached hydrogens (tertiary/aromatic N) is 3. The summed E-state index contributed by atoms with van der Waals surface area (Å²) in [7, 11) is 0. The largest absolute Gasteiger partial charge is 0.360 e. The van der Waals surface area contributed by atoms with E-state index in [9.17, 15) is 0 Å². The van der Waals surface area contributed by atoms with Crippen LogP contribution >= 0.6 is 22.9 Å². The van der Waals surface area contributed by atoms with Crippen LogP contribution in [0, 0.1) is 13.8 Å². The van der Waals surface area contributed by atoms with Gasteiger partial charge in [0.1, 0.15) is 5.82 Å². The maximum Gasteiger partial charge on any atom is 0.202 e. The average Bonchev–Trinajstić information content (AvgIpc) is 2.76. The molecule has 0 amide bonds. The summed E-state index contributed by atoms with van der Waals surface area (Å²) in [5.41, 5.74) is 1.14. The molecule has 0 aliphatic heterocycles. The quantitative estimate of drug-likeness (QED) is 0.890. The monoisotopic (exact) mass is 240 g/mol. The molecule has 2 heterocycles. The highest BCUT2D eigenvalue weighted by atomic mass is 32.1. The minimum atomic E-state index is 0.826. The van der Waals surface area contributed by atoms with Gasteiger partial charge in [-0.25, -0.2) is 9.97 Å². The summed E-state index contributed by atoms with van der Waals surface area (Å²) in [6, 6.07) is 0. The molecule has 0 aromatic carbocycles. The van der Waals surface area contributed by atoms with Crippen molar-refractivity contribution in [3.05, 3.63) is 21.9 Å². The number of hydrogen-bond donors (Lipinski definition) is 1. The Morgan fingerprint density at radius 3 is 2.80 bits per heavy atom. The molecule has 0 saturated carbocycles. The van der Waals surface area contributed by atoms with Gasteiger partial charge in [-0.1, -0.05) is 0 Å². The summed E-state index contributed by atoms with van der Waals surface area (Å²) >= 11 is 3.09. The van der Waals surface area contributed by atoms with Gasteiger partial charge < -0.3 is 5.32 Å². The summed E-state index contributed by atoms with van der Waals surface area (Å²) in [5.74, 6) is 0.826. The van der Waals surface area contributed by atoms with Crippen LogP contribution in [-0.4, -0.2) is 20.9 Å². The molecule has 0 atom stereocenters. The molecular formula is C9H12N4S2. The molecule has 2 aromatic heterocycles. The van der Waals surface area contributed by atoms with Crippen molar-refractivity contribution in [3.8, 4) is 0 Å². The smallest absolute Gasteiger partial charge is 0.202 e. The van der Waals surface area contributed by atoms with Gasteiger partial charge in [-0.2, -0.15) is 4.37 Å². The van der Waals surface area contributed by atoms with Gasteiger partial charge in [0.25, 0.3) is 0 Å². The van der Waals surface area contributed by atoms with Crippen molar-refractivity contribution in [2.24, 2.45) is 0 Å². The molecule has 6 heteroatoms. The lowest BCUT2D eigenvalue weighted by Gasteiger charge is -1.98. The Morgan fingerprint density at radius 1 is 1.33 bits per heavy atom. The molecule has 0 radical (unpaired) electrons. The molecule has 2 rings (SSSR count). The first kappa shape index (κ1) is 10.5. The summed E-state index contributed by atoms with van der Waals surface area (Å²) in [5, 5.41) is 7.34. The number of nitrogens with one attached hydrogen (secondary N) is 1. The SMILES string of the molecule is Cc1nsc(NCCc2csc(C)n2)n1. The molecule has 4 nitrogen and oxygen atoms in total. The third-order valence-electron chi connectivity index (χ3n) is 1.85. The van der Waals surface area contributed by atoms with E-state index >= 15 is 0 Å². The van der Waals surface area contributed by atoms with Crippen LogP contribution in [0.1, 0.15) is 16.5 Å². The summed E-state index contributed by atoms with van der Waals surface area (Å²) in [6.45, 7) is 4.78. The van der Waals surface area contributed by atoms with Crippen LogP contribution in [0.4, 0.5) is 5.13 Å². The van der Waals surface area contributed by atoms with Crippen LogP contribution in [0.25, 0.3) is 0 Å². The third kappa shape index (κ3) is 2.97. The molecule has 0 fully saturated rings. The summed E-state index contributed by atoms with van der Waals surface area (Å²) in [6.07, 6.45) is 0.933. The van der Waals surface area contributed by atoms with E-state index in [-0.39, 0.29) is 0 Å². The number of aromatic nitrogens is 3. The molecule has 0 aliphatic rings. The van der Waals surface area contributed by atoms with Gasteiger partial charge in [-0.15, -0.1) is 11.3 Å². The zero-order chi connectivity index (χ0) is 10.7. The molecule has 0 saturated heterocycles. The third-order valence-corrected chi connectivity index (χ3v) is 3.44. The number of hydrogen-bond acceptors (Lipinski definition) is 6. The molecule has 1 N–H and O–H groups in total. The van der Waals surface area contributed by atoms with Crippen molar-refractivity contribution in [2.45, 2.75) is 20.3 Å². The highest BCUT2D eigenvalue weighted by molar-refractivity contribution is 7.09. The van der Waals surface area contributed by atoms with Crippen molar-refractivity contribution >= 4 is 28.0 Å². The molecule has 2 aromatic rings. The second-order valence-corrected chi connectivity index (χ2v) is 5.00. The van der Waals surface area contributed by atoms with E-state index in [0.717, 1.165) is 34.6 Å². The summed E-state index contributed by atoms with van der Waals surface area (Å²) < 4.78 is 4.10. The maximum atomic E-state index is 4.39. The number of aryl methyl sites for hydroxylation is 2. The van der Waals surface area contributed by atoms with E-state index in [1.807, 2.05) is 13.8 Å². The van der Waals surface area contributed by atoms with Crippen LogP contribution in [0.3, 0.4) is 0 Å². The predicted molar refractivity (Wildman–Crippen MR) is 63.7 cm³/mol. The second-order valence-electron chi connectivity index (χ2n) is 3.18. The van der Waals surface area contributed by atoms with E-state index in [0.29, 0.717) is 0 Å². The molecule has 80 valence electrons. The van der Waals surface area contributed by atoms with Crippen molar-refractivity contribution < 1.29 is 0 Å². The minimum absolute atomic E-state index is 0.826. The van der Waals surface area contributed by atoms with E-state index in [1.165, 1.54) is 11.5 Å². The molecular weight excluding hydrogens is 228 g/mol. The zero-order valence-electron chi connectivity index (χ0n) is 8.65. The predicted octanol–water partition coefficient (Wildman–Crippen LogP) is 2.27. The van der Waals surface area contributed by atoms with Crippen molar-refractivity contribution in [1.82, 2.24) is 14.3 Å². The minimum Gasteiger partial charge on any atom is -0.360 e. The Labute approximate surface area is 96.6 Å². The van der Waals surface area contributed by atoms with Gasteiger partial charge in [-0.3, -0.25) is 0 Å². The number of thiazole rings is 1. The van der Waals surface area contributed by atoms with Gasteiger partial charge in [0, 0.05) is 29.9 Å². The Hall–Kier alpha value is -1.01. The lowest BCUT2D eigenvalue weighted by atomic mass is 10.3. The first-order valence-electron chi connectivity index (χ1n) is 4.69. The highest BCUT2D eigenvalue weighted by Gasteiger charge is 2.00. The normalized spacial score (nSPS) is 10.5. The Balaban J connectivity index is 1.80. The fraction of sp³-hybridized carbons (Fsp3) is 0.444. The molecule has 0 unspecified atom stereocenters. The molecule has 0 spiro atoms. The Bertz CT molecular complexity index is 395. The maximum absolute atomic E-state index is 4.39. The summed E-state index contributed by atoms with van der Waals surface area (Å²) in [4.78, 5) is 8.62. The van der Waals surface area contributed by atoms with Gasteiger partial charge in [-0.05, 0) is 13.8 Å². The van der Waals surface area contributed by atoms with E-state index in [1.54, 1.807) is 11.3 Å². The molecule has 0 bridgehead atoms.